The number of nitrogens with zero attached hydrogens (tertiary/aromatic N) is 3. The fraction of sp³-hybridized carbons (Fsp3) is 0.0952. The highest BCUT2D eigenvalue weighted by Gasteiger charge is 2.15. The van der Waals surface area contributed by atoms with Crippen molar-refractivity contribution in [2.24, 2.45) is 0 Å². The second-order valence-electron chi connectivity index (χ2n) is 6.66. The van der Waals surface area contributed by atoms with E-state index in [4.69, 9.17) is 0 Å². The smallest absolute Gasteiger partial charge is 0.271 e. The summed E-state index contributed by atoms with van der Waals surface area (Å²) in [5.41, 5.74) is 1.71. The van der Waals surface area contributed by atoms with Crippen molar-refractivity contribution in [1.29, 1.82) is 0 Å². The second-order valence-corrected chi connectivity index (χ2v) is 9.52. The molecule has 0 fully saturated rings. The average molecular weight is 454 g/mol. The van der Waals surface area contributed by atoms with Crippen molar-refractivity contribution >= 4 is 33.0 Å². The van der Waals surface area contributed by atoms with E-state index in [0.29, 0.717) is 17.8 Å². The van der Waals surface area contributed by atoms with Crippen LogP contribution in [0.25, 0.3) is 5.82 Å². The van der Waals surface area contributed by atoms with Gasteiger partial charge in [0.25, 0.3) is 15.9 Å². The van der Waals surface area contributed by atoms with Crippen LogP contribution in [-0.2, 0) is 16.6 Å². The number of imidazole rings is 1. The third-order valence-corrected chi connectivity index (χ3v) is 7.27. The van der Waals surface area contributed by atoms with E-state index in [1.807, 2.05) is 29.8 Å². The molecule has 31 heavy (non-hydrogen) atoms. The molecule has 0 saturated carbocycles. The quantitative estimate of drug-likeness (QED) is 0.446. The molecule has 0 bridgehead atoms. The predicted molar refractivity (Wildman–Crippen MR) is 119 cm³/mol. The summed E-state index contributed by atoms with van der Waals surface area (Å²) in [7, 11) is -3.62. The Morgan fingerprint density at radius 3 is 2.58 bits per heavy atom. The number of carbonyl (C=O) groups is 1. The van der Waals surface area contributed by atoms with Crippen LogP contribution in [0.4, 0.5) is 5.69 Å². The topological polar surface area (TPSA) is 106 Å². The second kappa shape index (κ2) is 8.70. The molecule has 8 nitrogen and oxygen atoms in total. The maximum absolute atomic E-state index is 12.5. The molecule has 4 rings (SSSR count). The van der Waals surface area contributed by atoms with Crippen LogP contribution in [0.5, 0.6) is 0 Å². The van der Waals surface area contributed by atoms with Gasteiger partial charge in [-0.25, -0.2) is 18.4 Å². The zero-order valence-electron chi connectivity index (χ0n) is 16.5. The fourth-order valence-electron chi connectivity index (χ4n) is 2.92. The standard InChI is InChI=1S/C21H19N5O3S2/c1-15-22-10-11-26(15)19-13-16(8-9-23-19)14-24-21(27)17-4-6-18(7-5-17)25-31(28,29)20-3-2-12-30-20/h2-13,25H,14H2,1H3,(H,24,27). The van der Waals surface area contributed by atoms with Gasteiger partial charge in [0.2, 0.25) is 0 Å². The van der Waals surface area contributed by atoms with Gasteiger partial charge >= 0.3 is 0 Å². The summed E-state index contributed by atoms with van der Waals surface area (Å²) < 4.78 is 29.2. The number of benzene rings is 1. The Bertz CT molecular complexity index is 1300. The Morgan fingerprint density at radius 1 is 1.10 bits per heavy atom. The minimum absolute atomic E-state index is 0.233. The number of amides is 1. The van der Waals surface area contributed by atoms with Crippen molar-refractivity contribution in [1.82, 2.24) is 19.9 Å². The van der Waals surface area contributed by atoms with Crippen LogP contribution in [0.2, 0.25) is 0 Å². The number of aromatic nitrogens is 3. The molecule has 0 aliphatic carbocycles. The molecule has 4 aromatic rings. The number of carbonyl (C=O) groups excluding carboxylic acids is 1. The van der Waals surface area contributed by atoms with Gasteiger partial charge in [-0.1, -0.05) is 6.07 Å². The first kappa shape index (κ1) is 20.8. The van der Waals surface area contributed by atoms with E-state index in [1.165, 1.54) is 6.07 Å². The zero-order valence-corrected chi connectivity index (χ0v) is 18.2. The summed E-state index contributed by atoms with van der Waals surface area (Å²) in [6.07, 6.45) is 5.22. The summed E-state index contributed by atoms with van der Waals surface area (Å²) in [6.45, 7) is 2.22. The number of pyridine rings is 1. The predicted octanol–water partition coefficient (Wildman–Crippen LogP) is 3.37. The molecule has 10 heteroatoms. The van der Waals surface area contributed by atoms with Crippen LogP contribution >= 0.6 is 11.3 Å². The van der Waals surface area contributed by atoms with Crippen molar-refractivity contribution in [3.8, 4) is 5.82 Å². The first-order chi connectivity index (χ1) is 14.9. The fourth-order valence-corrected chi connectivity index (χ4v) is 4.97. The molecule has 0 spiro atoms. The first-order valence-corrected chi connectivity index (χ1v) is 11.7. The molecule has 0 aliphatic heterocycles. The highest BCUT2D eigenvalue weighted by atomic mass is 32.2. The lowest BCUT2D eigenvalue weighted by molar-refractivity contribution is 0.0951. The van der Waals surface area contributed by atoms with Crippen molar-refractivity contribution < 1.29 is 13.2 Å². The Kier molecular flexibility index (Phi) is 5.83. The van der Waals surface area contributed by atoms with Gasteiger partial charge in [0.1, 0.15) is 15.9 Å². The minimum atomic E-state index is -3.62. The molecule has 0 unspecified atom stereocenters. The molecule has 3 aromatic heterocycles. The van der Waals surface area contributed by atoms with Crippen molar-refractivity contribution in [3.05, 3.63) is 89.5 Å². The molecule has 1 amide bonds. The number of nitrogens with one attached hydrogen (secondary N) is 2. The number of hydrogen-bond acceptors (Lipinski definition) is 6. The molecule has 2 N–H and O–H groups in total. The highest BCUT2D eigenvalue weighted by Crippen LogP contribution is 2.20. The summed E-state index contributed by atoms with van der Waals surface area (Å²) in [5, 5.41) is 4.56. The van der Waals surface area contributed by atoms with E-state index in [9.17, 15) is 13.2 Å². The molecular formula is C21H19N5O3S2. The van der Waals surface area contributed by atoms with Gasteiger partial charge in [0.05, 0.1) is 0 Å². The average Bonchev–Trinajstić information content (AvgIpc) is 3.45. The van der Waals surface area contributed by atoms with Crippen LogP contribution in [0.1, 0.15) is 21.7 Å². The summed E-state index contributed by atoms with van der Waals surface area (Å²) >= 11 is 1.14. The number of sulfonamides is 1. The summed E-state index contributed by atoms with van der Waals surface area (Å²) in [5.74, 6) is 1.29. The lowest BCUT2D eigenvalue weighted by atomic mass is 10.2. The van der Waals surface area contributed by atoms with Crippen LogP contribution in [0, 0.1) is 6.92 Å². The van der Waals surface area contributed by atoms with Crippen LogP contribution < -0.4 is 10.0 Å². The molecule has 0 radical (unpaired) electrons. The van der Waals surface area contributed by atoms with Crippen molar-refractivity contribution in [2.45, 2.75) is 17.7 Å². The van der Waals surface area contributed by atoms with Gasteiger partial charge in [-0.3, -0.25) is 14.1 Å². The van der Waals surface area contributed by atoms with Gasteiger partial charge in [-0.05, 0) is 60.3 Å². The SMILES string of the molecule is Cc1nccn1-c1cc(CNC(=O)c2ccc(NS(=O)(=O)c3cccs3)cc2)ccn1. The highest BCUT2D eigenvalue weighted by molar-refractivity contribution is 7.94. The number of anilines is 1. The van der Waals surface area contributed by atoms with E-state index in [0.717, 1.165) is 28.5 Å². The minimum Gasteiger partial charge on any atom is -0.348 e. The Labute approximate surface area is 183 Å². The Balaban J connectivity index is 1.39. The van der Waals surface area contributed by atoms with Crippen LogP contribution in [0.15, 0.2) is 76.7 Å². The van der Waals surface area contributed by atoms with Gasteiger partial charge in [-0.2, -0.15) is 0 Å². The number of aryl methyl sites for hydroxylation is 1. The molecule has 0 saturated heterocycles. The largest absolute Gasteiger partial charge is 0.348 e. The Morgan fingerprint density at radius 2 is 1.90 bits per heavy atom. The molecule has 0 atom stereocenters. The molecule has 0 aliphatic rings. The zero-order chi connectivity index (χ0) is 21.8. The maximum Gasteiger partial charge on any atom is 0.271 e. The summed E-state index contributed by atoms with van der Waals surface area (Å²) in [4.78, 5) is 21.0. The van der Waals surface area contributed by atoms with Crippen LogP contribution in [-0.4, -0.2) is 28.9 Å². The third-order valence-electron chi connectivity index (χ3n) is 4.49. The normalized spacial score (nSPS) is 11.3. The maximum atomic E-state index is 12.5. The first-order valence-electron chi connectivity index (χ1n) is 9.32. The lowest BCUT2D eigenvalue weighted by Gasteiger charge is -2.09. The number of rotatable bonds is 7. The summed E-state index contributed by atoms with van der Waals surface area (Å²) in [6, 6.07) is 13.2. The molecular weight excluding hydrogens is 434 g/mol. The third kappa shape index (κ3) is 4.81. The van der Waals surface area contributed by atoms with Crippen LogP contribution in [0.3, 0.4) is 0 Å². The number of hydrogen-bond donors (Lipinski definition) is 2. The van der Waals surface area contributed by atoms with Gasteiger partial charge in [0.15, 0.2) is 0 Å². The van der Waals surface area contributed by atoms with Crippen molar-refractivity contribution in [3.63, 3.8) is 0 Å². The van der Waals surface area contributed by atoms with E-state index >= 15 is 0 Å². The van der Waals surface area contributed by atoms with E-state index in [-0.39, 0.29) is 10.1 Å². The van der Waals surface area contributed by atoms with Crippen molar-refractivity contribution in [2.75, 3.05) is 4.72 Å². The Hall–Kier alpha value is -3.50. The molecule has 3 heterocycles. The molecule has 1 aromatic carbocycles. The molecule has 158 valence electrons. The van der Waals surface area contributed by atoms with Gasteiger partial charge < -0.3 is 5.32 Å². The van der Waals surface area contributed by atoms with Gasteiger partial charge in [-0.15, -0.1) is 11.3 Å². The number of thiophene rings is 1. The van der Waals surface area contributed by atoms with E-state index < -0.39 is 10.0 Å². The van der Waals surface area contributed by atoms with Gasteiger partial charge in [0, 0.05) is 36.4 Å². The van der Waals surface area contributed by atoms with E-state index in [2.05, 4.69) is 20.0 Å². The van der Waals surface area contributed by atoms with E-state index in [1.54, 1.807) is 48.1 Å². The lowest BCUT2D eigenvalue weighted by Crippen LogP contribution is -2.23. The monoisotopic (exact) mass is 453 g/mol.